The molecule has 0 radical (unpaired) electrons. The molecule has 1 nitrogen and oxygen atoms in total. The van der Waals surface area contributed by atoms with Gasteiger partial charge in [-0.25, -0.2) is 0 Å². The van der Waals surface area contributed by atoms with Gasteiger partial charge < -0.3 is 4.98 Å². The van der Waals surface area contributed by atoms with Crippen molar-refractivity contribution in [2.24, 2.45) is 11.8 Å². The van der Waals surface area contributed by atoms with E-state index in [1.165, 1.54) is 12.1 Å². The highest BCUT2D eigenvalue weighted by Crippen LogP contribution is 2.12. The summed E-state index contributed by atoms with van der Waals surface area (Å²) < 4.78 is 0. The molecule has 0 spiro atoms. The maximum absolute atomic E-state index is 3.68. The first-order valence-electron chi connectivity index (χ1n) is 5.29. The molecular weight excluding hydrogens is 162 g/mol. The van der Waals surface area contributed by atoms with E-state index in [-0.39, 0.29) is 0 Å². The first-order chi connectivity index (χ1) is 5.56. The van der Waals surface area contributed by atoms with Gasteiger partial charge in [0.2, 0.25) is 0 Å². The Morgan fingerprint density at radius 3 is 1.67 bits per heavy atom. The Morgan fingerprint density at radius 2 is 1.42 bits per heavy atom. The quantitative estimate of drug-likeness (QED) is 0.630. The van der Waals surface area contributed by atoms with Gasteiger partial charge in [0.1, 0.15) is 8.96 Å². The fraction of sp³-hybridized carbons (Fsp3) is 1.00. The normalized spacial score (nSPS) is 12.0. The van der Waals surface area contributed by atoms with Gasteiger partial charge in [-0.2, -0.15) is 0 Å². The fourth-order valence-electron chi connectivity index (χ4n) is 1.69. The van der Waals surface area contributed by atoms with Crippen molar-refractivity contribution in [2.75, 3.05) is 6.54 Å². The molecule has 12 heavy (non-hydrogen) atoms. The summed E-state index contributed by atoms with van der Waals surface area (Å²) in [5.74, 6) is 1.75. The molecule has 0 aliphatic heterocycles. The van der Waals surface area contributed by atoms with Crippen LogP contribution in [0.2, 0.25) is 12.1 Å². The summed E-state index contributed by atoms with van der Waals surface area (Å²) in [6.07, 6.45) is 0. The van der Waals surface area contributed by atoms with Gasteiger partial charge in [-0.1, -0.05) is 34.6 Å². The second-order valence-electron chi connectivity index (χ2n) is 4.51. The van der Waals surface area contributed by atoms with E-state index in [2.05, 4.69) is 39.6 Å². The summed E-state index contributed by atoms with van der Waals surface area (Å²) in [5, 5.41) is 0. The predicted molar refractivity (Wildman–Crippen MR) is 60.1 cm³/mol. The van der Waals surface area contributed by atoms with E-state index in [0.29, 0.717) is 0 Å². The molecule has 2 heteroatoms. The summed E-state index contributed by atoms with van der Waals surface area (Å²) in [5.41, 5.74) is 0. The monoisotopic (exact) mass is 187 g/mol. The van der Waals surface area contributed by atoms with Crippen molar-refractivity contribution in [1.82, 2.24) is 4.98 Å². The van der Waals surface area contributed by atoms with Crippen LogP contribution in [0.25, 0.3) is 0 Å². The molecule has 0 rings (SSSR count). The van der Waals surface area contributed by atoms with E-state index in [1.54, 1.807) is 0 Å². The van der Waals surface area contributed by atoms with Gasteiger partial charge in [0.25, 0.3) is 0 Å². The minimum Gasteiger partial charge on any atom is -0.340 e. The molecule has 0 saturated heterocycles. The average molecular weight is 187 g/mol. The highest BCUT2D eigenvalue weighted by molar-refractivity contribution is 6.56. The lowest BCUT2D eigenvalue weighted by molar-refractivity contribution is 0.676. The van der Waals surface area contributed by atoms with Crippen molar-refractivity contribution < 1.29 is 0 Å². The van der Waals surface area contributed by atoms with Gasteiger partial charge in [-0.3, -0.25) is 0 Å². The van der Waals surface area contributed by atoms with Gasteiger partial charge in [0.05, 0.1) is 0 Å². The van der Waals surface area contributed by atoms with Crippen molar-refractivity contribution in [2.45, 2.75) is 46.7 Å². The van der Waals surface area contributed by atoms with E-state index in [4.69, 9.17) is 0 Å². The zero-order chi connectivity index (χ0) is 9.56. The molecule has 0 aromatic rings. The van der Waals surface area contributed by atoms with E-state index < -0.39 is 8.96 Å². The third kappa shape index (κ3) is 6.86. The number of hydrogen-bond acceptors (Lipinski definition) is 1. The third-order valence-electron chi connectivity index (χ3n) is 2.00. The molecule has 0 fully saturated rings. The van der Waals surface area contributed by atoms with Crippen molar-refractivity contribution in [3.8, 4) is 0 Å². The molecule has 0 aliphatic rings. The smallest absolute Gasteiger partial charge is 0.109 e. The van der Waals surface area contributed by atoms with Crippen molar-refractivity contribution in [1.29, 1.82) is 0 Å². The van der Waals surface area contributed by atoms with Crippen molar-refractivity contribution in [3.05, 3.63) is 0 Å². The van der Waals surface area contributed by atoms with Gasteiger partial charge in [-0.05, 0) is 30.5 Å². The molecule has 74 valence electrons. The Hall–Kier alpha value is 0.177. The van der Waals surface area contributed by atoms with Gasteiger partial charge >= 0.3 is 0 Å². The van der Waals surface area contributed by atoms with Crippen LogP contribution in [0.3, 0.4) is 0 Å². The lowest BCUT2D eigenvalue weighted by atomic mass is 10.3. The Kier molecular flexibility index (Phi) is 6.77. The van der Waals surface area contributed by atoms with Crippen LogP contribution in [0.15, 0.2) is 0 Å². The minimum absolute atomic E-state index is 0.600. The number of hydrogen-bond donors (Lipinski definition) is 1. The molecule has 0 unspecified atom stereocenters. The zero-order valence-corrected chi connectivity index (χ0v) is 10.5. The predicted octanol–water partition coefficient (Wildman–Crippen LogP) is 2.63. The standard InChI is InChI=1S/C10H25NSi/c1-6-11-12(7-9(2)3)8-10(4)5/h9-12H,6-8H2,1-5H3. The maximum Gasteiger partial charge on any atom is 0.109 e. The van der Waals surface area contributed by atoms with Gasteiger partial charge in [0, 0.05) is 0 Å². The maximum atomic E-state index is 3.68. The van der Waals surface area contributed by atoms with Crippen LogP contribution >= 0.6 is 0 Å². The van der Waals surface area contributed by atoms with Crippen LogP contribution in [0.5, 0.6) is 0 Å². The number of rotatable bonds is 6. The SMILES string of the molecule is CCN[SiH](CC(C)C)CC(C)C. The van der Waals surface area contributed by atoms with Crippen molar-refractivity contribution >= 4 is 8.96 Å². The topological polar surface area (TPSA) is 12.0 Å². The summed E-state index contributed by atoms with van der Waals surface area (Å²) in [6, 6.07) is 2.90. The zero-order valence-electron chi connectivity index (χ0n) is 9.35. The highest BCUT2D eigenvalue weighted by atomic mass is 28.3. The number of nitrogens with one attached hydrogen (secondary N) is 1. The minimum atomic E-state index is -0.600. The summed E-state index contributed by atoms with van der Waals surface area (Å²) in [6.45, 7) is 12.7. The van der Waals surface area contributed by atoms with E-state index in [9.17, 15) is 0 Å². The first-order valence-corrected chi connectivity index (χ1v) is 7.50. The second-order valence-corrected chi connectivity index (χ2v) is 7.26. The summed E-state index contributed by atoms with van der Waals surface area (Å²) in [7, 11) is -0.600. The molecular formula is C10H25NSi. The molecule has 0 bridgehead atoms. The third-order valence-corrected chi connectivity index (χ3v) is 6.01. The Labute approximate surface area is 79.6 Å². The van der Waals surface area contributed by atoms with Crippen LogP contribution in [-0.4, -0.2) is 15.5 Å². The Morgan fingerprint density at radius 1 is 1.00 bits per heavy atom. The molecule has 0 aliphatic carbocycles. The van der Waals surface area contributed by atoms with E-state index in [0.717, 1.165) is 18.4 Å². The molecule has 1 N–H and O–H groups in total. The summed E-state index contributed by atoms with van der Waals surface area (Å²) in [4.78, 5) is 3.68. The average Bonchev–Trinajstić information content (AvgIpc) is 1.84. The first kappa shape index (κ1) is 12.2. The lowest BCUT2D eigenvalue weighted by Crippen LogP contribution is -2.35. The van der Waals surface area contributed by atoms with Crippen molar-refractivity contribution in [3.63, 3.8) is 0 Å². The highest BCUT2D eigenvalue weighted by Gasteiger charge is 2.12. The lowest BCUT2D eigenvalue weighted by Gasteiger charge is -2.19. The molecule has 0 atom stereocenters. The fourth-order valence-corrected chi connectivity index (χ4v) is 5.07. The molecule has 0 heterocycles. The van der Waals surface area contributed by atoms with E-state index >= 15 is 0 Å². The molecule has 0 aromatic carbocycles. The molecule has 0 aromatic heterocycles. The van der Waals surface area contributed by atoms with Crippen LogP contribution in [-0.2, 0) is 0 Å². The summed E-state index contributed by atoms with van der Waals surface area (Å²) >= 11 is 0. The van der Waals surface area contributed by atoms with Gasteiger partial charge in [-0.15, -0.1) is 0 Å². The second kappa shape index (κ2) is 6.67. The molecule has 0 saturated carbocycles. The molecule has 0 amide bonds. The van der Waals surface area contributed by atoms with Crippen LogP contribution in [0, 0.1) is 11.8 Å². The van der Waals surface area contributed by atoms with Gasteiger partial charge in [0.15, 0.2) is 0 Å². The van der Waals surface area contributed by atoms with Crippen LogP contribution in [0.1, 0.15) is 34.6 Å². The van der Waals surface area contributed by atoms with Crippen LogP contribution in [0.4, 0.5) is 0 Å². The largest absolute Gasteiger partial charge is 0.340 e. The van der Waals surface area contributed by atoms with E-state index in [1.807, 2.05) is 0 Å². The Bertz CT molecular complexity index is 92.0. The Balaban J connectivity index is 3.69. The van der Waals surface area contributed by atoms with Crippen LogP contribution < -0.4 is 4.98 Å².